The molecule has 0 unspecified atom stereocenters. The molecule has 0 aliphatic carbocycles. The number of methoxy groups -OCH3 is 2. The van der Waals surface area contributed by atoms with Crippen LogP contribution in [0.15, 0.2) is 60.7 Å². The smallest absolute Gasteiger partial charge is 0.308 e. The van der Waals surface area contributed by atoms with E-state index in [-0.39, 0.29) is 11.5 Å². The van der Waals surface area contributed by atoms with Crippen molar-refractivity contribution in [1.29, 1.82) is 0 Å². The van der Waals surface area contributed by atoms with Crippen molar-refractivity contribution in [1.82, 2.24) is 0 Å². The molecule has 0 N–H and O–H groups in total. The Morgan fingerprint density at radius 3 is 2.17 bits per heavy atom. The number of para-hydroxylation sites is 1. The van der Waals surface area contributed by atoms with E-state index in [4.69, 9.17) is 14.2 Å². The summed E-state index contributed by atoms with van der Waals surface area (Å²) in [7, 11) is 2.99. The Kier molecular flexibility index (Phi) is 5.98. The van der Waals surface area contributed by atoms with Crippen LogP contribution in [-0.4, -0.2) is 26.0 Å². The molecule has 0 bridgehead atoms. The summed E-state index contributed by atoms with van der Waals surface area (Å²) >= 11 is 0. The molecule has 0 fully saturated rings. The Balaban J connectivity index is 2.30. The molecule has 0 aliphatic rings. The molecule has 3 rings (SSSR count). The van der Waals surface area contributed by atoms with E-state index in [1.54, 1.807) is 24.3 Å². The average Bonchev–Trinajstić information content (AvgIpc) is 2.72. The van der Waals surface area contributed by atoms with Gasteiger partial charge >= 0.3 is 5.97 Å². The van der Waals surface area contributed by atoms with Crippen LogP contribution in [-0.2, 0) is 4.79 Å². The molecule has 5 nitrogen and oxygen atoms in total. The maximum Gasteiger partial charge on any atom is 0.308 e. The zero-order valence-corrected chi connectivity index (χ0v) is 16.8. The summed E-state index contributed by atoms with van der Waals surface area (Å²) in [6, 6.07) is 18.2. The average molecular weight is 390 g/mol. The third-order valence-corrected chi connectivity index (χ3v) is 4.46. The highest BCUT2D eigenvalue weighted by atomic mass is 16.5. The minimum absolute atomic E-state index is 0.214. The lowest BCUT2D eigenvalue weighted by Crippen LogP contribution is -2.12. The molecule has 0 aromatic heterocycles. The number of hydrogen-bond donors (Lipinski definition) is 0. The lowest BCUT2D eigenvalue weighted by Gasteiger charge is -2.17. The number of carbonyl (C=O) groups excluding carboxylic acids is 2. The summed E-state index contributed by atoms with van der Waals surface area (Å²) < 4.78 is 16.2. The molecule has 148 valence electrons. The standard InChI is InChI=1S/C24H22O5/c1-15-13-19(17-9-6-5-7-10-17)22(21(14-15)29-16(2)25)23(26)18-11-8-12-20(27-3)24(18)28-4/h5-14H,1-4H3. The Morgan fingerprint density at radius 1 is 0.828 bits per heavy atom. The van der Waals surface area contributed by atoms with E-state index in [1.165, 1.54) is 21.1 Å². The van der Waals surface area contributed by atoms with E-state index in [9.17, 15) is 9.59 Å². The molecule has 3 aromatic rings. The fourth-order valence-electron chi connectivity index (χ4n) is 3.27. The van der Waals surface area contributed by atoms with Crippen molar-refractivity contribution in [3.63, 3.8) is 0 Å². The van der Waals surface area contributed by atoms with Crippen molar-refractivity contribution in [2.24, 2.45) is 0 Å². The van der Waals surface area contributed by atoms with Crippen LogP contribution in [0.5, 0.6) is 17.2 Å². The first-order valence-electron chi connectivity index (χ1n) is 9.10. The zero-order valence-electron chi connectivity index (χ0n) is 16.8. The summed E-state index contributed by atoms with van der Waals surface area (Å²) in [6.45, 7) is 3.20. The van der Waals surface area contributed by atoms with Gasteiger partial charge in [-0.25, -0.2) is 0 Å². The van der Waals surface area contributed by atoms with Gasteiger partial charge in [0.25, 0.3) is 0 Å². The van der Waals surface area contributed by atoms with E-state index < -0.39 is 5.97 Å². The van der Waals surface area contributed by atoms with Crippen molar-refractivity contribution < 1.29 is 23.8 Å². The van der Waals surface area contributed by atoms with Gasteiger partial charge in [-0.2, -0.15) is 0 Å². The van der Waals surface area contributed by atoms with Gasteiger partial charge in [0.2, 0.25) is 5.78 Å². The molecule has 0 spiro atoms. The molecule has 0 heterocycles. The van der Waals surface area contributed by atoms with E-state index in [1.807, 2.05) is 43.3 Å². The third-order valence-electron chi connectivity index (χ3n) is 4.46. The van der Waals surface area contributed by atoms with Crippen LogP contribution in [0.2, 0.25) is 0 Å². The monoisotopic (exact) mass is 390 g/mol. The number of ketones is 1. The zero-order chi connectivity index (χ0) is 21.0. The van der Waals surface area contributed by atoms with Gasteiger partial charge in [-0.1, -0.05) is 42.5 Å². The van der Waals surface area contributed by atoms with Crippen molar-refractivity contribution in [2.75, 3.05) is 14.2 Å². The van der Waals surface area contributed by atoms with Gasteiger partial charge in [0, 0.05) is 6.92 Å². The maximum absolute atomic E-state index is 13.7. The second kappa shape index (κ2) is 8.61. The summed E-state index contributed by atoms with van der Waals surface area (Å²) in [6.07, 6.45) is 0. The molecule has 0 saturated carbocycles. The van der Waals surface area contributed by atoms with Gasteiger partial charge < -0.3 is 14.2 Å². The van der Waals surface area contributed by atoms with Crippen molar-refractivity contribution in [3.05, 3.63) is 77.4 Å². The fourth-order valence-corrected chi connectivity index (χ4v) is 3.27. The topological polar surface area (TPSA) is 61.8 Å². The molecule has 0 radical (unpaired) electrons. The number of esters is 1. The van der Waals surface area contributed by atoms with Gasteiger partial charge in [-0.15, -0.1) is 0 Å². The van der Waals surface area contributed by atoms with Gasteiger partial charge in [-0.3, -0.25) is 9.59 Å². The first-order valence-corrected chi connectivity index (χ1v) is 9.10. The third kappa shape index (κ3) is 4.14. The van der Waals surface area contributed by atoms with Gasteiger partial charge in [-0.05, 0) is 41.8 Å². The van der Waals surface area contributed by atoms with E-state index in [0.717, 1.165) is 11.1 Å². The Hall–Kier alpha value is -3.60. The lowest BCUT2D eigenvalue weighted by molar-refractivity contribution is -0.131. The van der Waals surface area contributed by atoms with Crippen LogP contribution >= 0.6 is 0 Å². The summed E-state index contributed by atoms with van der Waals surface area (Å²) in [5, 5.41) is 0. The summed E-state index contributed by atoms with van der Waals surface area (Å²) in [5.41, 5.74) is 3.01. The van der Waals surface area contributed by atoms with Crippen LogP contribution < -0.4 is 14.2 Å². The van der Waals surface area contributed by atoms with Crippen LogP contribution in [0, 0.1) is 6.92 Å². The molecule has 0 aliphatic heterocycles. The highest BCUT2D eigenvalue weighted by Crippen LogP contribution is 2.38. The van der Waals surface area contributed by atoms with Crippen molar-refractivity contribution in [3.8, 4) is 28.4 Å². The number of rotatable bonds is 6. The lowest BCUT2D eigenvalue weighted by atomic mass is 9.91. The van der Waals surface area contributed by atoms with Crippen LogP contribution in [0.25, 0.3) is 11.1 Å². The predicted molar refractivity (Wildman–Crippen MR) is 111 cm³/mol. The number of aryl methyl sites for hydroxylation is 1. The Morgan fingerprint density at radius 2 is 1.55 bits per heavy atom. The van der Waals surface area contributed by atoms with Crippen LogP contribution in [0.3, 0.4) is 0 Å². The fraction of sp³-hybridized carbons (Fsp3) is 0.167. The quantitative estimate of drug-likeness (QED) is 0.343. The highest BCUT2D eigenvalue weighted by Gasteiger charge is 2.25. The van der Waals surface area contributed by atoms with Crippen LogP contribution in [0.1, 0.15) is 28.4 Å². The van der Waals surface area contributed by atoms with Crippen LogP contribution in [0.4, 0.5) is 0 Å². The van der Waals surface area contributed by atoms with Gasteiger partial charge in [0.15, 0.2) is 11.5 Å². The summed E-state index contributed by atoms with van der Waals surface area (Å²) in [5.74, 6) is 0.164. The first-order chi connectivity index (χ1) is 14.0. The number of carbonyl (C=O) groups is 2. The molecule has 29 heavy (non-hydrogen) atoms. The van der Waals surface area contributed by atoms with E-state index in [0.29, 0.717) is 28.2 Å². The molecule has 3 aromatic carbocycles. The Labute approximate surface area is 169 Å². The SMILES string of the molecule is COc1cccc(C(=O)c2c(OC(C)=O)cc(C)cc2-c2ccccc2)c1OC. The largest absolute Gasteiger partial charge is 0.493 e. The van der Waals surface area contributed by atoms with E-state index in [2.05, 4.69) is 0 Å². The minimum Gasteiger partial charge on any atom is -0.493 e. The molecule has 5 heteroatoms. The second-order valence-electron chi connectivity index (χ2n) is 6.52. The summed E-state index contributed by atoms with van der Waals surface area (Å²) in [4.78, 5) is 25.4. The van der Waals surface area contributed by atoms with E-state index >= 15 is 0 Å². The minimum atomic E-state index is -0.499. The van der Waals surface area contributed by atoms with Gasteiger partial charge in [0.05, 0.1) is 25.3 Å². The maximum atomic E-state index is 13.7. The molecular weight excluding hydrogens is 368 g/mol. The molecule has 0 amide bonds. The molecule has 0 saturated heterocycles. The van der Waals surface area contributed by atoms with Crippen molar-refractivity contribution >= 4 is 11.8 Å². The predicted octanol–water partition coefficient (Wildman–Crippen LogP) is 4.84. The second-order valence-corrected chi connectivity index (χ2v) is 6.52. The number of benzene rings is 3. The number of hydrogen-bond acceptors (Lipinski definition) is 5. The normalized spacial score (nSPS) is 10.3. The number of ether oxygens (including phenoxy) is 3. The Bertz CT molecular complexity index is 1050. The molecule has 0 atom stereocenters. The van der Waals surface area contributed by atoms with Crippen molar-refractivity contribution in [2.45, 2.75) is 13.8 Å². The molecular formula is C24H22O5. The highest BCUT2D eigenvalue weighted by molar-refractivity contribution is 6.16. The first kappa shape index (κ1) is 20.1. The van der Waals surface area contributed by atoms with Gasteiger partial charge in [0.1, 0.15) is 5.75 Å².